The molecule has 1 aromatic carbocycles. The van der Waals surface area contributed by atoms with Crippen LogP contribution in [0.5, 0.6) is 5.75 Å². The smallest absolute Gasteiger partial charge is 0.225 e. The maximum absolute atomic E-state index is 12.5. The van der Waals surface area contributed by atoms with E-state index in [9.17, 15) is 4.79 Å². The van der Waals surface area contributed by atoms with E-state index in [0.717, 1.165) is 51.3 Å². The van der Waals surface area contributed by atoms with Crippen molar-refractivity contribution in [1.29, 1.82) is 0 Å². The van der Waals surface area contributed by atoms with E-state index in [0.29, 0.717) is 18.4 Å². The first-order chi connectivity index (χ1) is 11.3. The molecule has 3 rings (SSSR count). The molecule has 0 bridgehead atoms. The number of piperazine rings is 1. The highest BCUT2D eigenvalue weighted by molar-refractivity contribution is 5.79. The Kier molecular flexibility index (Phi) is 5.55. The maximum Gasteiger partial charge on any atom is 0.225 e. The third kappa shape index (κ3) is 4.05. The van der Waals surface area contributed by atoms with Gasteiger partial charge in [0.2, 0.25) is 5.91 Å². The van der Waals surface area contributed by atoms with Gasteiger partial charge in [0.05, 0.1) is 6.61 Å². The van der Waals surface area contributed by atoms with Gasteiger partial charge in [-0.2, -0.15) is 0 Å². The molecule has 0 unspecified atom stereocenters. The molecule has 23 heavy (non-hydrogen) atoms. The van der Waals surface area contributed by atoms with Crippen LogP contribution in [0.15, 0.2) is 24.3 Å². The first-order valence-corrected chi connectivity index (χ1v) is 8.99. The Labute approximate surface area is 139 Å². The molecule has 0 atom stereocenters. The average molecular weight is 316 g/mol. The number of rotatable bonds is 5. The molecule has 1 aliphatic heterocycles. The molecule has 2 aliphatic rings. The van der Waals surface area contributed by atoms with Crippen molar-refractivity contribution < 1.29 is 9.53 Å². The number of nitrogens with zero attached hydrogens (tertiary/aromatic N) is 2. The maximum atomic E-state index is 12.5. The summed E-state index contributed by atoms with van der Waals surface area (Å²) in [6, 6.07) is 8.27. The number of hydrogen-bond donors (Lipinski definition) is 0. The molecule has 1 saturated heterocycles. The van der Waals surface area contributed by atoms with Crippen molar-refractivity contribution in [2.75, 3.05) is 32.8 Å². The van der Waals surface area contributed by atoms with Gasteiger partial charge in [0, 0.05) is 44.2 Å². The molecule has 1 aliphatic carbocycles. The van der Waals surface area contributed by atoms with Gasteiger partial charge in [0.1, 0.15) is 5.75 Å². The predicted molar refractivity (Wildman–Crippen MR) is 91.4 cm³/mol. The summed E-state index contributed by atoms with van der Waals surface area (Å²) in [6.45, 7) is 7.27. The Morgan fingerprint density at radius 2 is 1.83 bits per heavy atom. The number of ether oxygens (including phenoxy) is 1. The molecule has 0 N–H and O–H groups in total. The van der Waals surface area contributed by atoms with Crippen molar-refractivity contribution in [1.82, 2.24) is 9.80 Å². The first kappa shape index (κ1) is 16.3. The van der Waals surface area contributed by atoms with Gasteiger partial charge >= 0.3 is 0 Å². The van der Waals surface area contributed by atoms with E-state index in [2.05, 4.69) is 21.9 Å². The van der Waals surface area contributed by atoms with Crippen LogP contribution in [-0.4, -0.2) is 48.5 Å². The van der Waals surface area contributed by atoms with Crippen molar-refractivity contribution in [2.45, 2.75) is 39.2 Å². The Morgan fingerprint density at radius 3 is 2.52 bits per heavy atom. The minimum Gasteiger partial charge on any atom is -0.494 e. The third-order valence-corrected chi connectivity index (χ3v) is 5.05. The second-order valence-corrected chi connectivity index (χ2v) is 6.62. The monoisotopic (exact) mass is 316 g/mol. The third-order valence-electron chi connectivity index (χ3n) is 5.05. The van der Waals surface area contributed by atoms with E-state index in [1.165, 1.54) is 18.4 Å². The molecule has 0 spiro atoms. The van der Waals surface area contributed by atoms with E-state index in [4.69, 9.17) is 4.74 Å². The van der Waals surface area contributed by atoms with E-state index in [1.807, 2.05) is 19.1 Å². The van der Waals surface area contributed by atoms with Crippen LogP contribution in [0.2, 0.25) is 0 Å². The Hall–Kier alpha value is -1.55. The Balaban J connectivity index is 1.52. The molecule has 126 valence electrons. The van der Waals surface area contributed by atoms with Crippen LogP contribution >= 0.6 is 0 Å². The lowest BCUT2D eigenvalue weighted by Gasteiger charge is -2.36. The normalized spacial score (nSPS) is 20.0. The summed E-state index contributed by atoms with van der Waals surface area (Å²) in [7, 11) is 0. The van der Waals surface area contributed by atoms with Crippen molar-refractivity contribution in [3.05, 3.63) is 29.8 Å². The van der Waals surface area contributed by atoms with Crippen LogP contribution in [0.4, 0.5) is 0 Å². The predicted octanol–water partition coefficient (Wildman–Crippen LogP) is 2.92. The fourth-order valence-corrected chi connectivity index (χ4v) is 3.73. The van der Waals surface area contributed by atoms with Gasteiger partial charge in [0.15, 0.2) is 0 Å². The number of amides is 1. The molecule has 1 amide bonds. The van der Waals surface area contributed by atoms with E-state index in [1.54, 1.807) is 0 Å². The minimum absolute atomic E-state index is 0.306. The highest BCUT2D eigenvalue weighted by Crippen LogP contribution is 2.27. The van der Waals surface area contributed by atoms with Gasteiger partial charge in [-0.25, -0.2) is 0 Å². The van der Waals surface area contributed by atoms with Crippen LogP contribution < -0.4 is 4.74 Å². The van der Waals surface area contributed by atoms with Crippen molar-refractivity contribution in [3.63, 3.8) is 0 Å². The van der Waals surface area contributed by atoms with Gasteiger partial charge in [-0.3, -0.25) is 9.69 Å². The van der Waals surface area contributed by atoms with Gasteiger partial charge in [-0.15, -0.1) is 0 Å². The molecule has 4 nitrogen and oxygen atoms in total. The SMILES string of the molecule is CCOc1ccccc1CN1CCN(C(=O)C2CCCC2)CC1. The summed E-state index contributed by atoms with van der Waals surface area (Å²) < 4.78 is 5.71. The molecule has 1 heterocycles. The molecule has 1 aromatic rings. The zero-order valence-corrected chi connectivity index (χ0v) is 14.2. The molecule has 1 saturated carbocycles. The quantitative estimate of drug-likeness (QED) is 0.837. The molecule has 0 radical (unpaired) electrons. The van der Waals surface area contributed by atoms with Crippen molar-refractivity contribution in [2.24, 2.45) is 5.92 Å². The molecular formula is C19H28N2O2. The second kappa shape index (κ2) is 7.82. The lowest BCUT2D eigenvalue weighted by molar-refractivity contribution is -0.137. The van der Waals surface area contributed by atoms with Crippen molar-refractivity contribution >= 4 is 5.91 Å². The molecular weight excluding hydrogens is 288 g/mol. The van der Waals surface area contributed by atoms with Gasteiger partial charge in [-0.1, -0.05) is 31.0 Å². The van der Waals surface area contributed by atoms with E-state index in [-0.39, 0.29) is 0 Å². The van der Waals surface area contributed by atoms with E-state index >= 15 is 0 Å². The summed E-state index contributed by atoms with van der Waals surface area (Å²) in [4.78, 5) is 17.0. The number of benzene rings is 1. The van der Waals surface area contributed by atoms with Crippen LogP contribution in [0.25, 0.3) is 0 Å². The minimum atomic E-state index is 0.306. The second-order valence-electron chi connectivity index (χ2n) is 6.62. The molecule has 2 fully saturated rings. The Morgan fingerprint density at radius 1 is 1.13 bits per heavy atom. The fraction of sp³-hybridized carbons (Fsp3) is 0.632. The molecule has 0 aromatic heterocycles. The van der Waals surface area contributed by atoms with Gasteiger partial charge in [0.25, 0.3) is 0 Å². The number of carbonyl (C=O) groups excluding carboxylic acids is 1. The highest BCUT2D eigenvalue weighted by Gasteiger charge is 2.29. The van der Waals surface area contributed by atoms with Crippen LogP contribution in [0.1, 0.15) is 38.2 Å². The number of carbonyl (C=O) groups is 1. The van der Waals surface area contributed by atoms with Crippen LogP contribution in [0.3, 0.4) is 0 Å². The fourth-order valence-electron chi connectivity index (χ4n) is 3.73. The summed E-state index contributed by atoms with van der Waals surface area (Å²) in [5.41, 5.74) is 1.24. The van der Waals surface area contributed by atoms with Crippen LogP contribution in [-0.2, 0) is 11.3 Å². The lowest BCUT2D eigenvalue weighted by Crippen LogP contribution is -2.49. The summed E-state index contributed by atoms with van der Waals surface area (Å²) in [5.74, 6) is 1.69. The lowest BCUT2D eigenvalue weighted by atomic mass is 10.1. The zero-order chi connectivity index (χ0) is 16.1. The highest BCUT2D eigenvalue weighted by atomic mass is 16.5. The Bertz CT molecular complexity index is 518. The topological polar surface area (TPSA) is 32.8 Å². The van der Waals surface area contributed by atoms with Gasteiger partial charge < -0.3 is 9.64 Å². The first-order valence-electron chi connectivity index (χ1n) is 8.99. The van der Waals surface area contributed by atoms with E-state index < -0.39 is 0 Å². The summed E-state index contributed by atoms with van der Waals surface area (Å²) in [6.07, 6.45) is 4.65. The molecule has 4 heteroatoms. The standard InChI is InChI=1S/C19H28N2O2/c1-2-23-18-10-6-5-9-17(18)15-20-11-13-21(14-12-20)19(22)16-7-3-4-8-16/h5-6,9-10,16H,2-4,7-8,11-15H2,1H3. The number of para-hydroxylation sites is 1. The van der Waals surface area contributed by atoms with Gasteiger partial charge in [-0.05, 0) is 25.8 Å². The summed E-state index contributed by atoms with van der Waals surface area (Å²) in [5, 5.41) is 0. The van der Waals surface area contributed by atoms with Crippen molar-refractivity contribution in [3.8, 4) is 5.75 Å². The van der Waals surface area contributed by atoms with Crippen LogP contribution in [0, 0.1) is 5.92 Å². The number of hydrogen-bond acceptors (Lipinski definition) is 3. The zero-order valence-electron chi connectivity index (χ0n) is 14.2. The largest absolute Gasteiger partial charge is 0.494 e. The average Bonchev–Trinajstić information content (AvgIpc) is 3.11. The summed E-state index contributed by atoms with van der Waals surface area (Å²) >= 11 is 0.